The fraction of sp³-hybridized carbons (Fsp3) is 0.500. The number of hydrogen-bond donors (Lipinski definition) is 2. The van der Waals surface area contributed by atoms with E-state index in [1.54, 1.807) is 12.3 Å². The van der Waals surface area contributed by atoms with Crippen molar-refractivity contribution in [1.29, 1.82) is 0 Å². The Morgan fingerprint density at radius 2 is 2.08 bits per heavy atom. The van der Waals surface area contributed by atoms with Gasteiger partial charge >= 0.3 is 0 Å². The van der Waals surface area contributed by atoms with E-state index in [-0.39, 0.29) is 24.0 Å². The van der Waals surface area contributed by atoms with Crippen LogP contribution in [0.4, 0.5) is 0 Å². The molecule has 4 unspecified atom stereocenters. The Balaban J connectivity index is 2.00. The van der Waals surface area contributed by atoms with Crippen LogP contribution in [0.3, 0.4) is 0 Å². The predicted octanol–water partition coefficient (Wildman–Crippen LogP) is 3.48. The first-order chi connectivity index (χ1) is 12.1. The molecule has 25 heavy (non-hydrogen) atoms. The van der Waals surface area contributed by atoms with Crippen LogP contribution in [0.5, 0.6) is 0 Å². The lowest BCUT2D eigenvalue weighted by atomic mass is 9.71. The van der Waals surface area contributed by atoms with E-state index in [1.165, 1.54) is 0 Å². The first-order valence-corrected chi connectivity index (χ1v) is 9.21. The Hall–Kier alpha value is -2.14. The second kappa shape index (κ2) is 6.30. The van der Waals surface area contributed by atoms with Gasteiger partial charge in [0.15, 0.2) is 5.43 Å². The minimum Gasteiger partial charge on any atom is -0.396 e. The Kier molecular flexibility index (Phi) is 4.12. The van der Waals surface area contributed by atoms with Gasteiger partial charge in [-0.15, -0.1) is 0 Å². The number of aromatic nitrogens is 3. The molecule has 1 aliphatic rings. The summed E-state index contributed by atoms with van der Waals surface area (Å²) in [7, 11) is 0. The fourth-order valence-electron chi connectivity index (χ4n) is 4.85. The van der Waals surface area contributed by atoms with Gasteiger partial charge in [-0.05, 0) is 30.7 Å². The second-order valence-electron chi connectivity index (χ2n) is 7.53. The molecule has 2 N–H and O–H groups in total. The summed E-state index contributed by atoms with van der Waals surface area (Å²) in [4.78, 5) is 20.0. The number of hydrogen-bond acceptors (Lipinski definition) is 3. The van der Waals surface area contributed by atoms with Crippen LogP contribution >= 0.6 is 0 Å². The van der Waals surface area contributed by atoms with Crippen LogP contribution in [0.15, 0.2) is 35.5 Å². The molecule has 1 saturated carbocycles. The van der Waals surface area contributed by atoms with E-state index in [1.807, 2.05) is 18.5 Å². The molecule has 0 aliphatic heterocycles. The van der Waals surface area contributed by atoms with Crippen molar-refractivity contribution in [3.8, 4) is 0 Å². The molecule has 0 aromatic carbocycles. The second-order valence-corrected chi connectivity index (χ2v) is 7.53. The quantitative estimate of drug-likeness (QED) is 0.767. The van der Waals surface area contributed by atoms with Crippen molar-refractivity contribution in [3.63, 3.8) is 0 Å². The molecule has 0 spiro atoms. The Morgan fingerprint density at radius 3 is 2.84 bits per heavy atom. The molecule has 0 radical (unpaired) electrons. The maximum atomic E-state index is 12.4. The SMILES string of the molecule is CCC1CC(C)CC(CO)C1n1ccc(=O)c2cnc3[nH]ccc3c21. The normalized spacial score (nSPS) is 27.2. The van der Waals surface area contributed by atoms with Crippen LogP contribution in [0.1, 0.15) is 39.2 Å². The molecule has 3 aromatic heterocycles. The van der Waals surface area contributed by atoms with Crippen LogP contribution in [-0.4, -0.2) is 26.2 Å². The lowest BCUT2D eigenvalue weighted by Gasteiger charge is -2.42. The van der Waals surface area contributed by atoms with Gasteiger partial charge in [0.1, 0.15) is 5.65 Å². The highest BCUT2D eigenvalue weighted by Gasteiger charge is 2.36. The number of nitrogens with zero attached hydrogens (tertiary/aromatic N) is 2. The van der Waals surface area contributed by atoms with Crippen molar-refractivity contribution in [1.82, 2.24) is 14.5 Å². The Labute approximate surface area is 146 Å². The first-order valence-electron chi connectivity index (χ1n) is 9.21. The summed E-state index contributed by atoms with van der Waals surface area (Å²) in [5.41, 5.74) is 1.74. The van der Waals surface area contributed by atoms with Crippen molar-refractivity contribution in [2.45, 2.75) is 39.2 Å². The van der Waals surface area contributed by atoms with E-state index < -0.39 is 0 Å². The highest BCUT2D eigenvalue weighted by atomic mass is 16.3. The summed E-state index contributed by atoms with van der Waals surface area (Å²) < 4.78 is 2.25. The lowest BCUT2D eigenvalue weighted by molar-refractivity contribution is 0.0696. The van der Waals surface area contributed by atoms with Gasteiger partial charge in [0.2, 0.25) is 0 Å². The van der Waals surface area contributed by atoms with E-state index in [2.05, 4.69) is 28.4 Å². The zero-order chi connectivity index (χ0) is 17.6. The molecule has 5 heteroatoms. The molecule has 5 nitrogen and oxygen atoms in total. The van der Waals surface area contributed by atoms with Gasteiger partial charge in [0, 0.05) is 48.6 Å². The third-order valence-electron chi connectivity index (χ3n) is 5.92. The Bertz CT molecular complexity index is 944. The number of aromatic amines is 1. The summed E-state index contributed by atoms with van der Waals surface area (Å²) in [5.74, 6) is 1.33. The minimum atomic E-state index is -0.000348. The molecule has 3 heterocycles. The molecule has 0 bridgehead atoms. The summed E-state index contributed by atoms with van der Waals surface area (Å²) in [6, 6.07) is 3.83. The van der Waals surface area contributed by atoms with Crippen molar-refractivity contribution < 1.29 is 5.11 Å². The number of H-pyrrole nitrogens is 1. The van der Waals surface area contributed by atoms with Crippen LogP contribution in [0.25, 0.3) is 21.9 Å². The average Bonchev–Trinajstić information content (AvgIpc) is 3.10. The molecule has 0 saturated heterocycles. The van der Waals surface area contributed by atoms with Gasteiger partial charge in [0.05, 0.1) is 10.9 Å². The van der Waals surface area contributed by atoms with Gasteiger partial charge in [-0.2, -0.15) is 0 Å². The standard InChI is InChI=1S/C20H25N3O2/c1-3-13-8-12(2)9-14(11-24)18(13)23-7-5-17(25)16-10-22-20-15(19(16)23)4-6-21-20/h4-7,10,12-14,18,24H,3,8-9,11H2,1-2H3,(H,21,22). The van der Waals surface area contributed by atoms with Crippen LogP contribution in [0, 0.1) is 17.8 Å². The molecular weight excluding hydrogens is 314 g/mol. The van der Waals surface area contributed by atoms with Crippen molar-refractivity contribution >= 4 is 21.9 Å². The van der Waals surface area contributed by atoms with E-state index in [0.29, 0.717) is 17.2 Å². The number of fused-ring (bicyclic) bond motifs is 3. The average molecular weight is 339 g/mol. The number of aliphatic hydroxyl groups is 1. The molecule has 1 aliphatic carbocycles. The monoisotopic (exact) mass is 339 g/mol. The molecule has 132 valence electrons. The van der Waals surface area contributed by atoms with Gasteiger partial charge in [-0.1, -0.05) is 20.3 Å². The topological polar surface area (TPSA) is 70.9 Å². The predicted molar refractivity (Wildman–Crippen MR) is 99.7 cm³/mol. The summed E-state index contributed by atoms with van der Waals surface area (Å²) in [5, 5.41) is 11.7. The zero-order valence-electron chi connectivity index (χ0n) is 14.8. The zero-order valence-corrected chi connectivity index (χ0v) is 14.8. The molecule has 3 aromatic rings. The highest BCUT2D eigenvalue weighted by Crippen LogP contribution is 2.44. The Morgan fingerprint density at radius 1 is 1.28 bits per heavy atom. The van der Waals surface area contributed by atoms with E-state index in [4.69, 9.17) is 0 Å². The van der Waals surface area contributed by atoms with Crippen molar-refractivity contribution in [2.24, 2.45) is 17.8 Å². The number of pyridine rings is 2. The smallest absolute Gasteiger partial charge is 0.190 e. The van der Waals surface area contributed by atoms with Crippen LogP contribution < -0.4 is 5.43 Å². The van der Waals surface area contributed by atoms with Gasteiger partial charge in [-0.25, -0.2) is 4.98 Å². The van der Waals surface area contributed by atoms with Gasteiger partial charge in [0.25, 0.3) is 0 Å². The summed E-state index contributed by atoms with van der Waals surface area (Å²) in [6.45, 7) is 4.68. The van der Waals surface area contributed by atoms with Crippen LogP contribution in [-0.2, 0) is 0 Å². The maximum absolute atomic E-state index is 12.4. The highest BCUT2D eigenvalue weighted by molar-refractivity contribution is 6.02. The van der Waals surface area contributed by atoms with Gasteiger partial charge < -0.3 is 14.7 Å². The summed E-state index contributed by atoms with van der Waals surface area (Å²) >= 11 is 0. The molecular formula is C20H25N3O2. The number of nitrogens with one attached hydrogen (secondary N) is 1. The van der Waals surface area contributed by atoms with Crippen LogP contribution in [0.2, 0.25) is 0 Å². The molecule has 4 rings (SSSR count). The maximum Gasteiger partial charge on any atom is 0.190 e. The third kappa shape index (κ3) is 2.58. The minimum absolute atomic E-state index is 0.000348. The molecule has 4 atom stereocenters. The number of rotatable bonds is 3. The number of aliphatic hydroxyl groups excluding tert-OH is 1. The van der Waals surface area contributed by atoms with E-state index in [0.717, 1.165) is 35.8 Å². The summed E-state index contributed by atoms with van der Waals surface area (Å²) in [6.07, 6.45) is 8.71. The molecule has 0 amide bonds. The fourth-order valence-corrected chi connectivity index (χ4v) is 4.85. The lowest BCUT2D eigenvalue weighted by Crippen LogP contribution is -2.36. The third-order valence-corrected chi connectivity index (χ3v) is 5.92. The van der Waals surface area contributed by atoms with Crippen molar-refractivity contribution in [2.75, 3.05) is 6.61 Å². The van der Waals surface area contributed by atoms with E-state index >= 15 is 0 Å². The van der Waals surface area contributed by atoms with Gasteiger partial charge in [-0.3, -0.25) is 4.79 Å². The molecule has 1 fully saturated rings. The largest absolute Gasteiger partial charge is 0.396 e. The first kappa shape index (κ1) is 16.3. The van der Waals surface area contributed by atoms with E-state index in [9.17, 15) is 9.90 Å². The van der Waals surface area contributed by atoms with Crippen molar-refractivity contribution in [3.05, 3.63) is 40.9 Å².